The van der Waals surface area contributed by atoms with E-state index in [1.165, 1.54) is 31.5 Å². The number of anilines is 1. The van der Waals surface area contributed by atoms with Crippen molar-refractivity contribution < 1.29 is 0 Å². The molecule has 4 heterocycles. The molecule has 0 amide bonds. The Morgan fingerprint density at radius 2 is 1.93 bits per heavy atom. The van der Waals surface area contributed by atoms with Gasteiger partial charge in [0, 0.05) is 37.8 Å². The standard InChI is InChI=1S/C20H31N7/c1-4-16-12-21-15(2)22-19(16)27-11-7-8-17(13-27)20-24-23-18(25(20)3)14-26-9-5-6-10-26/h12,17H,4-11,13-14H2,1-3H3. The summed E-state index contributed by atoms with van der Waals surface area (Å²) in [6.45, 7) is 9.45. The van der Waals surface area contributed by atoms with Gasteiger partial charge in [0.05, 0.1) is 6.54 Å². The fourth-order valence-corrected chi connectivity index (χ4v) is 4.40. The smallest absolute Gasteiger partial charge is 0.146 e. The summed E-state index contributed by atoms with van der Waals surface area (Å²) >= 11 is 0. The van der Waals surface area contributed by atoms with Gasteiger partial charge in [-0.25, -0.2) is 9.97 Å². The van der Waals surface area contributed by atoms with Crippen molar-refractivity contribution in [3.05, 3.63) is 29.2 Å². The fourth-order valence-electron chi connectivity index (χ4n) is 4.40. The molecule has 0 aromatic carbocycles. The van der Waals surface area contributed by atoms with Gasteiger partial charge >= 0.3 is 0 Å². The van der Waals surface area contributed by atoms with Gasteiger partial charge in [-0.15, -0.1) is 10.2 Å². The van der Waals surface area contributed by atoms with Crippen LogP contribution in [0.3, 0.4) is 0 Å². The van der Waals surface area contributed by atoms with Crippen LogP contribution in [0.25, 0.3) is 0 Å². The fraction of sp³-hybridized carbons (Fsp3) is 0.700. The topological polar surface area (TPSA) is 63.0 Å². The van der Waals surface area contributed by atoms with Crippen molar-refractivity contribution in [2.24, 2.45) is 7.05 Å². The monoisotopic (exact) mass is 369 g/mol. The highest BCUT2D eigenvalue weighted by Gasteiger charge is 2.28. The first kappa shape index (κ1) is 18.3. The lowest BCUT2D eigenvalue weighted by molar-refractivity contribution is 0.317. The first-order chi connectivity index (χ1) is 13.2. The van der Waals surface area contributed by atoms with E-state index in [1.807, 2.05) is 13.1 Å². The Hall–Kier alpha value is -2.02. The minimum atomic E-state index is 0.406. The molecule has 0 radical (unpaired) electrons. The molecule has 1 atom stereocenters. The van der Waals surface area contributed by atoms with Crippen molar-refractivity contribution in [2.45, 2.75) is 58.4 Å². The van der Waals surface area contributed by atoms with Crippen LogP contribution in [0.1, 0.15) is 61.6 Å². The third kappa shape index (κ3) is 3.83. The largest absolute Gasteiger partial charge is 0.356 e. The van der Waals surface area contributed by atoms with Crippen LogP contribution in [0, 0.1) is 6.92 Å². The van der Waals surface area contributed by atoms with Gasteiger partial charge in [0.2, 0.25) is 0 Å². The third-order valence-electron chi connectivity index (χ3n) is 5.99. The zero-order chi connectivity index (χ0) is 18.8. The molecule has 4 rings (SSSR count). The van der Waals surface area contributed by atoms with Gasteiger partial charge < -0.3 is 9.47 Å². The quantitative estimate of drug-likeness (QED) is 0.807. The maximum Gasteiger partial charge on any atom is 0.146 e. The Balaban J connectivity index is 1.52. The van der Waals surface area contributed by atoms with E-state index < -0.39 is 0 Å². The Bertz CT molecular complexity index is 779. The van der Waals surface area contributed by atoms with E-state index in [1.54, 1.807) is 0 Å². The highest BCUT2D eigenvalue weighted by molar-refractivity contribution is 5.47. The molecule has 0 spiro atoms. The molecule has 7 nitrogen and oxygen atoms in total. The van der Waals surface area contributed by atoms with E-state index in [2.05, 4.69) is 43.5 Å². The normalized spacial score (nSPS) is 21.1. The molecule has 2 saturated heterocycles. The first-order valence-electron chi connectivity index (χ1n) is 10.3. The van der Waals surface area contributed by atoms with Crippen molar-refractivity contribution in [1.82, 2.24) is 29.6 Å². The van der Waals surface area contributed by atoms with Crippen LogP contribution in [-0.4, -0.2) is 55.8 Å². The van der Waals surface area contributed by atoms with Crippen LogP contribution < -0.4 is 4.90 Å². The SMILES string of the molecule is CCc1cnc(C)nc1N1CCCC(c2nnc(CN3CCCC3)n2C)C1. The molecule has 2 fully saturated rings. The number of aromatic nitrogens is 5. The first-order valence-corrected chi connectivity index (χ1v) is 10.3. The highest BCUT2D eigenvalue weighted by atomic mass is 15.3. The third-order valence-corrected chi connectivity index (χ3v) is 5.99. The van der Waals surface area contributed by atoms with E-state index in [0.717, 1.165) is 62.2 Å². The van der Waals surface area contributed by atoms with Gasteiger partial charge in [-0.1, -0.05) is 6.92 Å². The number of hydrogen-bond donors (Lipinski definition) is 0. The summed E-state index contributed by atoms with van der Waals surface area (Å²) in [6, 6.07) is 0. The molecule has 2 aromatic heterocycles. The van der Waals surface area contributed by atoms with E-state index in [4.69, 9.17) is 4.98 Å². The maximum atomic E-state index is 4.76. The van der Waals surface area contributed by atoms with Gasteiger partial charge in [-0.2, -0.15) is 0 Å². The number of hydrogen-bond acceptors (Lipinski definition) is 6. The number of piperidine rings is 1. The molecule has 1 unspecified atom stereocenters. The Morgan fingerprint density at radius 3 is 2.70 bits per heavy atom. The second-order valence-corrected chi connectivity index (χ2v) is 7.92. The van der Waals surface area contributed by atoms with Crippen LogP contribution in [0.15, 0.2) is 6.20 Å². The zero-order valence-corrected chi connectivity index (χ0v) is 16.9. The minimum Gasteiger partial charge on any atom is -0.356 e. The summed E-state index contributed by atoms with van der Waals surface area (Å²) < 4.78 is 2.23. The summed E-state index contributed by atoms with van der Waals surface area (Å²) in [7, 11) is 2.13. The summed E-state index contributed by atoms with van der Waals surface area (Å²) in [5.74, 6) is 4.57. The Labute approximate surface area is 161 Å². The maximum absolute atomic E-state index is 4.76. The summed E-state index contributed by atoms with van der Waals surface area (Å²) in [5, 5.41) is 9.12. The van der Waals surface area contributed by atoms with E-state index in [9.17, 15) is 0 Å². The molecule has 0 saturated carbocycles. The van der Waals surface area contributed by atoms with Crippen LogP contribution in [0.5, 0.6) is 0 Å². The van der Waals surface area contributed by atoms with E-state index >= 15 is 0 Å². The molecule has 27 heavy (non-hydrogen) atoms. The van der Waals surface area contributed by atoms with Crippen molar-refractivity contribution in [2.75, 3.05) is 31.1 Å². The average Bonchev–Trinajstić information content (AvgIpc) is 3.33. The molecule has 2 aliphatic rings. The summed E-state index contributed by atoms with van der Waals surface area (Å²) in [6.07, 6.45) is 7.88. The summed E-state index contributed by atoms with van der Waals surface area (Å²) in [5.41, 5.74) is 1.23. The molecule has 2 aliphatic heterocycles. The van der Waals surface area contributed by atoms with E-state index in [0.29, 0.717) is 5.92 Å². The predicted octanol–water partition coefficient (Wildman–Crippen LogP) is 2.46. The van der Waals surface area contributed by atoms with Gasteiger partial charge in [0.15, 0.2) is 0 Å². The molecular weight excluding hydrogens is 338 g/mol. The van der Waals surface area contributed by atoms with Gasteiger partial charge in [-0.05, 0) is 52.1 Å². The van der Waals surface area contributed by atoms with Crippen molar-refractivity contribution in [3.63, 3.8) is 0 Å². The number of rotatable bonds is 5. The lowest BCUT2D eigenvalue weighted by Gasteiger charge is -2.34. The molecule has 0 aliphatic carbocycles. The minimum absolute atomic E-state index is 0.406. The lowest BCUT2D eigenvalue weighted by atomic mass is 9.96. The second kappa shape index (κ2) is 7.92. The van der Waals surface area contributed by atoms with E-state index in [-0.39, 0.29) is 0 Å². The van der Waals surface area contributed by atoms with Crippen LogP contribution in [0.4, 0.5) is 5.82 Å². The average molecular weight is 370 g/mol. The molecule has 146 valence electrons. The molecule has 0 N–H and O–H groups in total. The van der Waals surface area contributed by atoms with Crippen LogP contribution >= 0.6 is 0 Å². The van der Waals surface area contributed by atoms with Gasteiger partial charge in [0.25, 0.3) is 0 Å². The van der Waals surface area contributed by atoms with Crippen molar-refractivity contribution >= 4 is 5.82 Å². The number of likely N-dealkylation sites (tertiary alicyclic amines) is 1. The molecule has 0 bridgehead atoms. The Kier molecular flexibility index (Phi) is 5.38. The van der Waals surface area contributed by atoms with Gasteiger partial charge in [-0.3, -0.25) is 4.90 Å². The highest BCUT2D eigenvalue weighted by Crippen LogP contribution is 2.30. The second-order valence-electron chi connectivity index (χ2n) is 7.92. The van der Waals surface area contributed by atoms with Crippen LogP contribution in [0.2, 0.25) is 0 Å². The van der Waals surface area contributed by atoms with Gasteiger partial charge in [0.1, 0.15) is 23.3 Å². The molecule has 7 heteroatoms. The molecular formula is C20H31N7. The van der Waals surface area contributed by atoms with Crippen molar-refractivity contribution in [3.8, 4) is 0 Å². The zero-order valence-electron chi connectivity index (χ0n) is 16.9. The van der Waals surface area contributed by atoms with Crippen molar-refractivity contribution in [1.29, 1.82) is 0 Å². The number of nitrogens with zero attached hydrogens (tertiary/aromatic N) is 7. The summed E-state index contributed by atoms with van der Waals surface area (Å²) in [4.78, 5) is 14.0. The predicted molar refractivity (Wildman–Crippen MR) is 106 cm³/mol. The number of aryl methyl sites for hydroxylation is 2. The van der Waals surface area contributed by atoms with Crippen LogP contribution in [-0.2, 0) is 20.0 Å². The Morgan fingerprint density at radius 1 is 1.11 bits per heavy atom. The lowest BCUT2D eigenvalue weighted by Crippen LogP contribution is -2.36. The molecule has 2 aromatic rings.